The third kappa shape index (κ3) is 37.1. The Balaban J connectivity index is -0.00000000667. The first-order chi connectivity index (χ1) is 1.41. The fourth-order valence-electron chi connectivity index (χ4n) is 0. The first-order valence-electron chi connectivity index (χ1n) is 0.494. The normalized spacial score (nSPS) is 1.60. The topological polar surface area (TPSA) is 37.3 Å². The van der Waals surface area contributed by atoms with Gasteiger partial charge in [0.2, 0.25) is 0 Å². The molecule has 0 heterocycles. The Morgan fingerprint density at radius 3 is 1.80 bits per heavy atom. The molecule has 21 valence electrons. The number of hydrogen-bond acceptors (Lipinski definition) is 1. The van der Waals surface area contributed by atoms with E-state index in [1.54, 1.807) is 0 Å². The van der Waals surface area contributed by atoms with Crippen LogP contribution in [-0.2, 0) is 3.80 Å². The summed E-state index contributed by atoms with van der Waals surface area (Å²) in [5.74, 6) is 0. The first-order valence-corrected chi connectivity index (χ1v) is 1.48. The van der Waals surface area contributed by atoms with Gasteiger partial charge in [-0.15, -0.1) is 0 Å². The Labute approximate surface area is 62.6 Å². The van der Waals surface area contributed by atoms with Gasteiger partial charge >= 0.3 is 53.0 Å². The molecule has 0 amide bonds. The van der Waals surface area contributed by atoms with Gasteiger partial charge in [-0.25, -0.2) is 0 Å². The molecule has 5 heteroatoms. The van der Waals surface area contributed by atoms with Gasteiger partial charge in [0.05, 0.1) is 0 Å². The molecule has 0 bridgehead atoms. The molecule has 0 aromatic rings. The van der Waals surface area contributed by atoms with Crippen LogP contribution < -0.4 is 29.6 Å². The summed E-state index contributed by atoms with van der Waals surface area (Å²) in [7, 11) is 0. The van der Waals surface area contributed by atoms with Crippen LogP contribution in [0, 0.1) is 0 Å². The predicted molar refractivity (Wildman–Crippen MR) is 15.5 cm³/mol. The Morgan fingerprint density at radius 2 is 1.80 bits per heavy atom. The average molecular weight is 94.8 g/mol. The maximum atomic E-state index is 8.57. The average Bonchev–Trinajstić information content (AvgIpc) is 0.918. The van der Waals surface area contributed by atoms with Gasteiger partial charge < -0.3 is 1.43 Å². The summed E-state index contributed by atoms with van der Waals surface area (Å²) >= 11 is -1.50. The van der Waals surface area contributed by atoms with Crippen LogP contribution in [0.1, 0.15) is 1.43 Å². The monoisotopic (exact) mass is 95.0 g/mol. The van der Waals surface area contributed by atoms with E-state index < -0.39 is 15.5 Å². The van der Waals surface area contributed by atoms with Crippen molar-refractivity contribution in [3.05, 3.63) is 0 Å². The molecule has 0 saturated heterocycles. The first kappa shape index (κ1) is 16.4. The molecule has 0 aliphatic heterocycles. The Morgan fingerprint density at radius 1 is 1.80 bits per heavy atom. The van der Waals surface area contributed by atoms with Crippen molar-refractivity contribution in [2.45, 2.75) is 0 Å². The standard InChI is InChI=1S/Al.B.Na.H2O.O.H/h;;;1H2;;/q+1;;+1;;;-1/p-1. The van der Waals surface area contributed by atoms with Crippen molar-refractivity contribution in [1.82, 2.24) is 0 Å². The molecule has 0 aromatic heterocycles. The molecular weight excluding hydrogens is 92.8 g/mol. The van der Waals surface area contributed by atoms with Crippen molar-refractivity contribution in [2.75, 3.05) is 0 Å². The zero-order valence-corrected chi connectivity index (χ0v) is 6.16. The molecule has 5 heavy (non-hydrogen) atoms. The summed E-state index contributed by atoms with van der Waals surface area (Å²) in [6.45, 7) is 0. The van der Waals surface area contributed by atoms with E-state index in [0.29, 0.717) is 0 Å². The van der Waals surface area contributed by atoms with Gasteiger partial charge in [0.1, 0.15) is 0 Å². The Bertz CT molecular complexity index is 21.0. The molecular formula is H2AlBNaO2. The van der Waals surface area contributed by atoms with Gasteiger partial charge in [-0.05, 0) is 0 Å². The van der Waals surface area contributed by atoms with Crippen LogP contribution in [0.15, 0.2) is 0 Å². The molecule has 0 atom stereocenters. The van der Waals surface area contributed by atoms with Crippen LogP contribution in [0.2, 0.25) is 0 Å². The van der Waals surface area contributed by atoms with Crippen LogP contribution in [0.5, 0.6) is 0 Å². The van der Waals surface area contributed by atoms with E-state index in [1.807, 2.05) is 0 Å². The van der Waals surface area contributed by atoms with E-state index in [2.05, 4.69) is 0 Å². The van der Waals surface area contributed by atoms with Crippen molar-refractivity contribution in [3.8, 4) is 0 Å². The number of hydrogen-bond donors (Lipinski definition) is 1. The van der Waals surface area contributed by atoms with Gasteiger partial charge in [0, 0.05) is 8.41 Å². The third-order valence-electron chi connectivity index (χ3n) is 0. The van der Waals surface area contributed by atoms with Gasteiger partial charge in [0.15, 0.2) is 0 Å². The maximum absolute atomic E-state index is 8.57. The van der Waals surface area contributed by atoms with Crippen LogP contribution >= 0.6 is 0 Å². The molecule has 0 saturated carbocycles. The summed E-state index contributed by atoms with van der Waals surface area (Å²) in [4.78, 5) is 0. The van der Waals surface area contributed by atoms with E-state index in [1.165, 1.54) is 0 Å². The van der Waals surface area contributed by atoms with Crippen molar-refractivity contribution in [2.24, 2.45) is 0 Å². The predicted octanol–water partition coefficient (Wildman–Crippen LogP) is -4.32. The van der Waals surface area contributed by atoms with Crippen LogP contribution in [0.3, 0.4) is 0 Å². The number of rotatable bonds is 0. The minimum absolute atomic E-state index is 0. The Hall–Kier alpha value is 1.20. The molecule has 1 N–H and O–H groups in total. The van der Waals surface area contributed by atoms with Crippen molar-refractivity contribution >= 4 is 23.9 Å². The van der Waals surface area contributed by atoms with Gasteiger partial charge in [-0.1, -0.05) is 0 Å². The van der Waals surface area contributed by atoms with E-state index >= 15 is 0 Å². The molecule has 3 radical (unpaired) electrons. The Kier molecular flexibility index (Phi) is 62.1. The summed E-state index contributed by atoms with van der Waals surface area (Å²) < 4.78 is 15.7. The van der Waals surface area contributed by atoms with Gasteiger partial charge in [0.25, 0.3) is 0 Å². The molecule has 0 aliphatic rings. The van der Waals surface area contributed by atoms with E-state index in [-0.39, 0.29) is 39.4 Å². The zero-order valence-electron chi connectivity index (χ0n) is 4.01. The van der Waals surface area contributed by atoms with E-state index in [9.17, 15) is 0 Å². The van der Waals surface area contributed by atoms with Crippen molar-refractivity contribution in [3.63, 3.8) is 0 Å². The van der Waals surface area contributed by atoms with Gasteiger partial charge in [-0.2, -0.15) is 0 Å². The zero-order chi connectivity index (χ0) is 2.71. The van der Waals surface area contributed by atoms with Gasteiger partial charge in [-0.3, -0.25) is 0 Å². The second-order valence-corrected chi connectivity index (χ2v) is 0.316. The molecule has 0 aliphatic carbocycles. The molecule has 0 fully saturated rings. The summed E-state index contributed by atoms with van der Waals surface area (Å²) in [6.07, 6.45) is 0. The second-order valence-electron chi connectivity index (χ2n) is 0.105. The van der Waals surface area contributed by atoms with Crippen LogP contribution in [-0.4, -0.2) is 28.1 Å². The quantitative estimate of drug-likeness (QED) is 0.309. The summed E-state index contributed by atoms with van der Waals surface area (Å²) in [5, 5.41) is 0. The van der Waals surface area contributed by atoms with Crippen LogP contribution in [0.25, 0.3) is 0 Å². The molecule has 0 unspecified atom stereocenters. The fraction of sp³-hybridized carbons (Fsp3) is 0. The van der Waals surface area contributed by atoms with Crippen molar-refractivity contribution < 1.29 is 38.9 Å². The van der Waals surface area contributed by atoms with Crippen LogP contribution in [0.4, 0.5) is 0 Å². The molecule has 0 rings (SSSR count). The fourth-order valence-corrected chi connectivity index (χ4v) is 0. The minimum atomic E-state index is -1.50. The SMILES string of the molecule is [B].[H-].[Na+].[O]=[Al][OH]. The summed E-state index contributed by atoms with van der Waals surface area (Å²) in [6, 6.07) is 0. The molecule has 2 nitrogen and oxygen atoms in total. The summed E-state index contributed by atoms with van der Waals surface area (Å²) in [5.41, 5.74) is 0. The third-order valence-corrected chi connectivity index (χ3v) is 0. The van der Waals surface area contributed by atoms with E-state index in [4.69, 9.17) is 7.96 Å². The second kappa shape index (κ2) is 19.0. The van der Waals surface area contributed by atoms with Crippen molar-refractivity contribution in [1.29, 1.82) is 0 Å². The van der Waals surface area contributed by atoms with E-state index in [0.717, 1.165) is 0 Å². The molecule has 0 aromatic carbocycles. The molecule has 0 spiro atoms.